The molecule has 4 heteroatoms. The molecule has 0 saturated carbocycles. The molecule has 2 unspecified atom stereocenters. The molecule has 0 radical (unpaired) electrons. The minimum Gasteiger partial charge on any atom is -0.328 e. The number of nitrogens with two attached hydrogens (primary N) is 2. The van der Waals surface area contributed by atoms with E-state index in [9.17, 15) is 4.39 Å². The molecule has 0 fully saturated rings. The monoisotopic (exact) mass is 216 g/mol. The molecule has 1 rings (SSSR count). The third kappa shape index (κ3) is 2.94. The van der Waals surface area contributed by atoms with Gasteiger partial charge >= 0.3 is 0 Å². The van der Waals surface area contributed by atoms with Crippen LogP contribution in [0.25, 0.3) is 0 Å². The quantitative estimate of drug-likeness (QED) is 0.814. The molecule has 14 heavy (non-hydrogen) atoms. The summed E-state index contributed by atoms with van der Waals surface area (Å²) in [5.41, 5.74) is 11.8. The Hall–Kier alpha value is -0.640. The first-order valence-corrected chi connectivity index (χ1v) is 4.84. The molecule has 0 aliphatic rings. The van der Waals surface area contributed by atoms with Gasteiger partial charge in [-0.25, -0.2) is 4.39 Å². The Balaban J connectivity index is 2.88. The van der Waals surface area contributed by atoms with E-state index in [1.54, 1.807) is 6.07 Å². The normalized spacial score (nSPS) is 15.2. The minimum absolute atomic E-state index is 0.0524. The largest absolute Gasteiger partial charge is 0.328 e. The summed E-state index contributed by atoms with van der Waals surface area (Å²) in [6.07, 6.45) is 0.539. The summed E-state index contributed by atoms with van der Waals surface area (Å²) in [7, 11) is 0. The molecule has 1 aromatic rings. The Morgan fingerprint density at radius 1 is 1.43 bits per heavy atom. The molecular weight excluding hydrogens is 203 g/mol. The van der Waals surface area contributed by atoms with Crippen molar-refractivity contribution < 1.29 is 4.39 Å². The maximum Gasteiger partial charge on any atom is 0.128 e. The zero-order valence-electron chi connectivity index (χ0n) is 8.00. The predicted molar refractivity (Wildman–Crippen MR) is 56.6 cm³/mol. The maximum absolute atomic E-state index is 13.3. The van der Waals surface area contributed by atoms with Crippen molar-refractivity contribution in [1.82, 2.24) is 0 Å². The molecular formula is C10H14ClFN2. The lowest BCUT2D eigenvalue weighted by molar-refractivity contribution is 0.529. The summed E-state index contributed by atoms with van der Waals surface area (Å²) in [5.74, 6) is -0.331. The highest BCUT2D eigenvalue weighted by molar-refractivity contribution is 6.30. The summed E-state index contributed by atoms with van der Waals surface area (Å²) in [6.45, 7) is 1.84. The Bertz CT molecular complexity index is 315. The summed E-state index contributed by atoms with van der Waals surface area (Å²) in [6, 6.07) is 3.92. The fourth-order valence-corrected chi connectivity index (χ4v) is 1.51. The molecule has 78 valence electrons. The molecule has 1 aromatic carbocycles. The first-order valence-electron chi connectivity index (χ1n) is 4.47. The second kappa shape index (κ2) is 4.73. The molecule has 4 N–H and O–H groups in total. The van der Waals surface area contributed by atoms with Crippen molar-refractivity contribution in [2.24, 2.45) is 11.5 Å². The van der Waals surface area contributed by atoms with Gasteiger partial charge in [-0.3, -0.25) is 0 Å². The topological polar surface area (TPSA) is 52.0 Å². The van der Waals surface area contributed by atoms with Crippen LogP contribution in [-0.2, 0) is 0 Å². The van der Waals surface area contributed by atoms with Gasteiger partial charge in [0.15, 0.2) is 0 Å². The van der Waals surface area contributed by atoms with Crippen LogP contribution >= 0.6 is 11.6 Å². The third-order valence-corrected chi connectivity index (χ3v) is 2.22. The molecule has 0 bridgehead atoms. The van der Waals surface area contributed by atoms with E-state index in [1.165, 1.54) is 12.1 Å². The second-order valence-electron chi connectivity index (χ2n) is 3.49. The van der Waals surface area contributed by atoms with Crippen LogP contribution in [0.3, 0.4) is 0 Å². The SMILES string of the molecule is CC(N)CC(N)c1cc(Cl)ccc1F. The molecule has 0 aliphatic carbocycles. The summed E-state index contributed by atoms with van der Waals surface area (Å²) in [5, 5.41) is 0.488. The van der Waals surface area contributed by atoms with Gasteiger partial charge in [0.25, 0.3) is 0 Å². The Morgan fingerprint density at radius 2 is 2.07 bits per heavy atom. The summed E-state index contributed by atoms with van der Waals surface area (Å²) < 4.78 is 13.3. The number of benzene rings is 1. The van der Waals surface area contributed by atoms with E-state index < -0.39 is 6.04 Å². The van der Waals surface area contributed by atoms with Gasteiger partial charge in [-0.15, -0.1) is 0 Å². The van der Waals surface area contributed by atoms with Gasteiger partial charge in [0.05, 0.1) is 0 Å². The van der Waals surface area contributed by atoms with Crippen molar-refractivity contribution in [1.29, 1.82) is 0 Å². The van der Waals surface area contributed by atoms with E-state index in [1.807, 2.05) is 6.92 Å². The Labute approximate surface area is 88.0 Å². The smallest absolute Gasteiger partial charge is 0.128 e. The molecule has 0 amide bonds. The lowest BCUT2D eigenvalue weighted by Gasteiger charge is -2.15. The van der Waals surface area contributed by atoms with E-state index in [0.717, 1.165) is 0 Å². The maximum atomic E-state index is 13.3. The highest BCUT2D eigenvalue weighted by Gasteiger charge is 2.13. The van der Waals surface area contributed by atoms with Crippen LogP contribution in [0.2, 0.25) is 5.02 Å². The van der Waals surface area contributed by atoms with Crippen LogP contribution in [0.15, 0.2) is 18.2 Å². The molecule has 2 atom stereocenters. The van der Waals surface area contributed by atoms with Crippen LogP contribution in [-0.4, -0.2) is 6.04 Å². The van der Waals surface area contributed by atoms with Crippen LogP contribution in [0.5, 0.6) is 0 Å². The molecule has 0 heterocycles. The van der Waals surface area contributed by atoms with Gasteiger partial charge in [-0.2, -0.15) is 0 Å². The Kier molecular flexibility index (Phi) is 3.86. The molecule has 0 aromatic heterocycles. The van der Waals surface area contributed by atoms with Crippen LogP contribution in [0.1, 0.15) is 24.9 Å². The summed E-state index contributed by atoms with van der Waals surface area (Å²) in [4.78, 5) is 0. The number of hydrogen-bond donors (Lipinski definition) is 2. The Morgan fingerprint density at radius 3 is 2.64 bits per heavy atom. The third-order valence-electron chi connectivity index (χ3n) is 1.98. The van der Waals surface area contributed by atoms with Gasteiger partial charge in [-0.05, 0) is 31.5 Å². The fraction of sp³-hybridized carbons (Fsp3) is 0.400. The van der Waals surface area contributed by atoms with E-state index >= 15 is 0 Å². The van der Waals surface area contributed by atoms with E-state index in [-0.39, 0.29) is 11.9 Å². The van der Waals surface area contributed by atoms with Gasteiger partial charge in [0.2, 0.25) is 0 Å². The van der Waals surface area contributed by atoms with E-state index in [0.29, 0.717) is 17.0 Å². The number of rotatable bonds is 3. The predicted octanol–water partition coefficient (Wildman–Crippen LogP) is 2.22. The second-order valence-corrected chi connectivity index (χ2v) is 3.92. The van der Waals surface area contributed by atoms with Gasteiger partial charge in [-0.1, -0.05) is 11.6 Å². The standard InChI is InChI=1S/C10H14ClFN2/c1-6(13)4-10(14)8-5-7(11)2-3-9(8)12/h2-3,5-6,10H,4,13-14H2,1H3. The lowest BCUT2D eigenvalue weighted by Crippen LogP contribution is -2.23. The first kappa shape index (κ1) is 11.4. The first-order chi connectivity index (χ1) is 6.50. The zero-order chi connectivity index (χ0) is 10.7. The van der Waals surface area contributed by atoms with Gasteiger partial charge in [0, 0.05) is 22.7 Å². The average Bonchev–Trinajstić information content (AvgIpc) is 2.08. The van der Waals surface area contributed by atoms with Crippen molar-refractivity contribution in [3.8, 4) is 0 Å². The molecule has 0 spiro atoms. The van der Waals surface area contributed by atoms with Crippen molar-refractivity contribution in [3.05, 3.63) is 34.6 Å². The number of hydrogen-bond acceptors (Lipinski definition) is 2. The number of halogens is 2. The van der Waals surface area contributed by atoms with E-state index in [4.69, 9.17) is 23.1 Å². The van der Waals surface area contributed by atoms with Gasteiger partial charge in [0.1, 0.15) is 5.82 Å². The van der Waals surface area contributed by atoms with Crippen molar-refractivity contribution in [3.63, 3.8) is 0 Å². The van der Waals surface area contributed by atoms with Crippen LogP contribution in [0, 0.1) is 5.82 Å². The van der Waals surface area contributed by atoms with Crippen molar-refractivity contribution in [2.75, 3.05) is 0 Å². The molecule has 0 saturated heterocycles. The van der Waals surface area contributed by atoms with Crippen molar-refractivity contribution in [2.45, 2.75) is 25.4 Å². The average molecular weight is 217 g/mol. The van der Waals surface area contributed by atoms with Crippen LogP contribution < -0.4 is 11.5 Å². The molecule has 2 nitrogen and oxygen atoms in total. The fourth-order valence-electron chi connectivity index (χ4n) is 1.33. The van der Waals surface area contributed by atoms with Crippen molar-refractivity contribution >= 4 is 11.6 Å². The lowest BCUT2D eigenvalue weighted by atomic mass is 10.0. The van der Waals surface area contributed by atoms with Gasteiger partial charge < -0.3 is 11.5 Å². The van der Waals surface area contributed by atoms with E-state index in [2.05, 4.69) is 0 Å². The summed E-state index contributed by atoms with van der Waals surface area (Å²) >= 11 is 5.74. The highest BCUT2D eigenvalue weighted by atomic mass is 35.5. The zero-order valence-corrected chi connectivity index (χ0v) is 8.76. The highest BCUT2D eigenvalue weighted by Crippen LogP contribution is 2.22. The minimum atomic E-state index is -0.395. The van der Waals surface area contributed by atoms with Crippen LogP contribution in [0.4, 0.5) is 4.39 Å². The molecule has 0 aliphatic heterocycles.